The van der Waals surface area contributed by atoms with Crippen molar-refractivity contribution in [2.45, 2.75) is 112 Å². The van der Waals surface area contributed by atoms with Gasteiger partial charge in [-0.3, -0.25) is 19.2 Å². The van der Waals surface area contributed by atoms with Gasteiger partial charge in [0, 0.05) is 15.8 Å². The van der Waals surface area contributed by atoms with E-state index in [0.717, 1.165) is 56.5 Å². The van der Waals surface area contributed by atoms with Crippen LogP contribution in [0.4, 0.5) is 28.9 Å². The predicted octanol–water partition coefficient (Wildman–Crippen LogP) is 21.9. The van der Waals surface area contributed by atoms with E-state index in [1.54, 1.807) is 48.5 Å². The molecule has 1 saturated heterocycles. The minimum atomic E-state index is -0.920. The summed E-state index contributed by atoms with van der Waals surface area (Å²) in [5.74, 6) is -3.90. The molecule has 3 aliphatic rings. The van der Waals surface area contributed by atoms with Crippen LogP contribution in [0.25, 0.3) is 11.1 Å². The number of anilines is 2. The van der Waals surface area contributed by atoms with Gasteiger partial charge in [-0.25, -0.2) is 17.6 Å². The Morgan fingerprint density at radius 1 is 0.412 bits per heavy atom. The fourth-order valence-corrected chi connectivity index (χ4v) is 17.4. The van der Waals surface area contributed by atoms with Gasteiger partial charge in [-0.05, 0) is 217 Å². The molecule has 1 fully saturated rings. The Morgan fingerprint density at radius 3 is 1.02 bits per heavy atom. The van der Waals surface area contributed by atoms with Crippen LogP contribution >= 0.6 is 50.8 Å². The first-order valence-electron chi connectivity index (χ1n) is 36.1. The first-order chi connectivity index (χ1) is 53.9. The van der Waals surface area contributed by atoms with E-state index >= 15 is 0 Å². The number of hydrogen-bond acceptors (Lipinski definition) is 8. The summed E-state index contributed by atoms with van der Waals surface area (Å²) in [6, 6.07) is 92.3. The van der Waals surface area contributed by atoms with Gasteiger partial charge < -0.3 is 29.4 Å². The number of nitrogens with one attached hydrogen (secondary N) is 2. The minimum Gasteiger partial charge on any atom is -0.0622 e. The summed E-state index contributed by atoms with van der Waals surface area (Å²) in [7, 11) is 8.22. The van der Waals surface area contributed by atoms with E-state index < -0.39 is 91.6 Å². The van der Waals surface area contributed by atoms with Crippen LogP contribution in [0.2, 0.25) is 0 Å². The number of halogens is 7. The van der Waals surface area contributed by atoms with Gasteiger partial charge in [0.05, 0.1) is 35.2 Å². The van der Waals surface area contributed by atoms with E-state index in [4.69, 9.17) is 37.8 Å². The van der Waals surface area contributed by atoms with Crippen molar-refractivity contribution >= 4 is 130 Å². The topological polar surface area (TPSA) is 129 Å². The molecule has 0 unspecified atom stereocenters. The largest absolute Gasteiger partial charge is 0.0622 e. The maximum atomic E-state index is 13.8. The van der Waals surface area contributed by atoms with Gasteiger partial charge in [-0.2, -0.15) is 0 Å². The van der Waals surface area contributed by atoms with Gasteiger partial charge in [-0.1, -0.05) is 242 Å². The third-order valence-electron chi connectivity index (χ3n) is 18.7. The zero-order valence-electron chi connectivity index (χ0n) is 63.8. The third kappa shape index (κ3) is 23.3. The number of ketones is 2. The van der Waals surface area contributed by atoms with Crippen LogP contribution in [0.5, 0.6) is 11.5 Å². The summed E-state index contributed by atoms with van der Waals surface area (Å²) < 4.78 is 79.7. The number of fused-ring (bicyclic) bond motifs is 2. The number of carbonyl (C=O) groups is 4. The van der Waals surface area contributed by atoms with Gasteiger partial charge in [0.25, 0.3) is 11.8 Å². The zero-order chi connectivity index (χ0) is 81.2. The number of Topliss-reactive ketones (excluding diaryl/α,β-unsaturated/α-hetero) is 2. The monoisotopic (exact) mass is 1760 g/mol. The standard InChI is InChI=1S/C25H21F2NO3.C19H20BF2NO3.2C18H15P.C12H13BrO2.CH4.2ClH.Pd/c1-14-11-18-21(29)13-25(2,3)31-22(18)12-17(14)15-7-9-16(10-8-15)28-24(30)23-19(26)5-4-6-20(23)27;1-18(2)19(3,4)26-20(25-18)12-8-10-13(11-9-12)23-17(24)16-14(21)6-5-7-15(16)22;2*1-4-10-16(11-5-1)19(17-12-6-2-7-13-17)18-14-8-3-9-15-18;1-7-4-8-10(14)6-12(2,3)15-11(8)5-9(7)13;;;;/h4-12H,13H2,1-3H3,(H,28,30);5-11H,1-4H3,(H,23,24);2*1-15H;4-5H,6H2,1-3H3;1H4;2*1H;/q;;;;;;;;+2/p-2. The molecule has 12 aromatic carbocycles. The van der Waals surface area contributed by atoms with Crippen molar-refractivity contribution in [3.8, 4) is 22.6 Å². The fraction of sp³-hybridized carbons (Fsp3) is 0.183. The number of aryl methyl sites for hydroxylation is 2. The fourth-order valence-electron chi connectivity index (χ4n) is 12.5. The van der Waals surface area contributed by atoms with E-state index in [1.807, 2.05) is 93.5 Å². The van der Waals surface area contributed by atoms with E-state index in [2.05, 4.69) is 209 Å². The normalized spacial score (nSPS) is 14.2. The first kappa shape index (κ1) is 88.8. The van der Waals surface area contributed by atoms with Crippen LogP contribution in [-0.2, 0) is 25.2 Å². The Bertz CT molecular complexity index is 4890. The summed E-state index contributed by atoms with van der Waals surface area (Å²) in [5, 5.41) is 13.4. The van der Waals surface area contributed by atoms with Gasteiger partial charge in [-0.15, -0.1) is 0 Å². The molecule has 2 amide bonds. The molecular formula is C93H88BBrCl2F4N2O8P2Pd. The molecule has 3 aliphatic heterocycles. The van der Waals surface area contributed by atoms with Crippen LogP contribution in [0, 0.1) is 37.1 Å². The zero-order valence-corrected chi connectivity index (χ0v) is 70.3. The molecule has 0 aromatic heterocycles. The smallest absolute Gasteiger partial charge is 0.0134 e. The van der Waals surface area contributed by atoms with Crippen LogP contribution in [0.1, 0.15) is 128 Å². The third-order valence-corrected chi connectivity index (χ3v) is 24.5. The van der Waals surface area contributed by atoms with Crippen molar-refractivity contribution in [1.29, 1.82) is 0 Å². The summed E-state index contributed by atoms with van der Waals surface area (Å²) >= 11 is 3.33. The predicted molar refractivity (Wildman–Crippen MR) is 462 cm³/mol. The molecule has 12 aromatic rings. The quantitative estimate of drug-likeness (QED) is 0.0703. The molecule has 0 aliphatic carbocycles. The molecule has 2 N–H and O–H groups in total. The van der Waals surface area contributed by atoms with Crippen molar-refractivity contribution in [3.63, 3.8) is 0 Å². The Labute approximate surface area is 693 Å². The Kier molecular flexibility index (Phi) is 31.4. The Balaban J connectivity index is 0.000000165. The van der Waals surface area contributed by atoms with Crippen molar-refractivity contribution < 1.29 is 71.5 Å². The van der Waals surface area contributed by atoms with E-state index in [0.29, 0.717) is 46.8 Å². The average Bonchev–Trinajstić information content (AvgIpc) is 1.75. The number of carbonyl (C=O) groups excluding carboxylic acids is 4. The molecule has 0 radical (unpaired) electrons. The Morgan fingerprint density at radius 2 is 0.702 bits per heavy atom. The second-order valence-electron chi connectivity index (χ2n) is 28.8. The first-order valence-corrected chi connectivity index (χ1v) is 43.6. The molecule has 0 atom stereocenters. The second-order valence-corrected chi connectivity index (χ2v) is 36.5. The van der Waals surface area contributed by atoms with Crippen molar-refractivity contribution in [3.05, 3.63) is 352 Å². The van der Waals surface area contributed by atoms with E-state index in [-0.39, 0.29) is 34.9 Å². The summed E-state index contributed by atoms with van der Waals surface area (Å²) in [5.41, 5.74) is 3.53. The number of benzene rings is 12. The molecule has 3 heterocycles. The maximum absolute atomic E-state index is 13.8. The number of hydrogen-bond donors (Lipinski definition) is 2. The molecule has 0 saturated carbocycles. The molecule has 21 heteroatoms. The van der Waals surface area contributed by atoms with Crippen LogP contribution < -0.4 is 57.4 Å². The number of ether oxygens (including phenoxy) is 2. The second kappa shape index (κ2) is 40.4. The number of rotatable bonds is 12. The van der Waals surface area contributed by atoms with Crippen LogP contribution in [-0.4, -0.2) is 52.9 Å². The summed E-state index contributed by atoms with van der Waals surface area (Å²) in [6.07, 6.45) is 0.775. The molecular weight excluding hydrogens is 1680 g/mol. The van der Waals surface area contributed by atoms with Gasteiger partial charge in [0.2, 0.25) is 0 Å². The van der Waals surface area contributed by atoms with E-state index in [1.165, 1.54) is 44.0 Å². The van der Waals surface area contributed by atoms with E-state index in [9.17, 15) is 36.7 Å². The average molecular weight is 1770 g/mol. The summed E-state index contributed by atoms with van der Waals surface area (Å²) in [6.45, 7) is 19.4. The van der Waals surface area contributed by atoms with Gasteiger partial charge in [0.15, 0.2) is 11.6 Å². The van der Waals surface area contributed by atoms with Crippen molar-refractivity contribution in [2.24, 2.45) is 0 Å². The van der Waals surface area contributed by atoms with Crippen molar-refractivity contribution in [1.82, 2.24) is 0 Å². The number of amides is 2. The minimum absolute atomic E-state index is 0. The maximum Gasteiger partial charge on any atom is -0.0134 e. The van der Waals surface area contributed by atoms with Crippen molar-refractivity contribution in [2.75, 3.05) is 10.6 Å². The van der Waals surface area contributed by atoms with Crippen LogP contribution in [0.15, 0.2) is 296 Å². The molecule has 0 spiro atoms. The molecule has 0 bridgehead atoms. The van der Waals surface area contributed by atoms with Gasteiger partial charge in [0.1, 0.15) is 57.1 Å². The Hall–Kier alpha value is -9.19. The molecule has 10 nitrogen and oxygen atoms in total. The summed E-state index contributed by atoms with van der Waals surface area (Å²) in [4.78, 5) is 48.7. The SMILES string of the molecule is C.CC1(C)OB(c2ccc(NC(=O)c3c(F)cccc3F)cc2)OC1(C)C.Cc1cc2c(cc1-c1ccc(NC(=O)c3c(F)cccc3F)cc1)OC(C)(C)CC2=O.Cc1cc2c(cc1Br)OC(C)(C)CC2=O.[Cl][Pd][Cl].c1ccc(P(c2ccccc2)c2ccccc2)cc1.c1ccc(P(c2ccccc2)c2ccccc2)cc1. The molecule has 590 valence electrons. The molecule has 15 rings (SSSR count). The molecule has 114 heavy (non-hydrogen) atoms. The van der Waals surface area contributed by atoms with Gasteiger partial charge >= 0.3 is 42.1 Å². The van der Waals surface area contributed by atoms with Crippen LogP contribution in [0.3, 0.4) is 0 Å².